The van der Waals surface area contributed by atoms with E-state index in [-0.39, 0.29) is 11.1 Å². The number of carbonyl (C=O) groups is 2. The Labute approximate surface area is 159 Å². The van der Waals surface area contributed by atoms with Crippen LogP contribution in [0.5, 0.6) is 0 Å². The van der Waals surface area contributed by atoms with Crippen molar-refractivity contribution in [1.29, 1.82) is 0 Å². The smallest absolute Gasteiger partial charge is 0.448 e. The molecular formula is C17H14BrF3N2O4. The first-order chi connectivity index (χ1) is 12.5. The van der Waals surface area contributed by atoms with E-state index in [1.807, 2.05) is 30.5 Å². The van der Waals surface area contributed by atoms with Crippen molar-refractivity contribution in [3.63, 3.8) is 0 Å². The van der Waals surface area contributed by atoms with Crippen LogP contribution in [-0.2, 0) is 0 Å². The van der Waals surface area contributed by atoms with Crippen molar-refractivity contribution in [2.45, 2.75) is 12.0 Å². The Morgan fingerprint density at radius 1 is 1.04 bits per heavy atom. The molecule has 10 heteroatoms. The maximum Gasteiger partial charge on any atom is 0.448 e. The molecule has 0 radical (unpaired) electrons. The third kappa shape index (κ3) is 8.86. The van der Waals surface area contributed by atoms with Gasteiger partial charge in [-0.15, -0.1) is 0 Å². The number of nitrogens with zero attached hydrogens (tertiary/aromatic N) is 1. The van der Waals surface area contributed by atoms with Gasteiger partial charge in [-0.1, -0.05) is 18.2 Å². The van der Waals surface area contributed by atoms with Crippen molar-refractivity contribution >= 4 is 38.8 Å². The quantitative estimate of drug-likeness (QED) is 0.487. The van der Waals surface area contributed by atoms with Crippen molar-refractivity contribution in [1.82, 2.24) is 10.2 Å². The first-order valence-electron chi connectivity index (χ1n) is 7.19. The summed E-state index contributed by atoms with van der Waals surface area (Å²) in [5.74, 6) is -2.24. The second-order valence-electron chi connectivity index (χ2n) is 5.08. The van der Waals surface area contributed by atoms with Gasteiger partial charge in [0.15, 0.2) is 0 Å². The predicted octanol–water partition coefficient (Wildman–Crippen LogP) is 4.86. The summed E-state index contributed by atoms with van der Waals surface area (Å²) in [6.45, 7) is 1.65. The second kappa shape index (κ2) is 9.72. The standard InChI is InChI=1S/C9H8O4.C7H6N2.CBrF3/c1-5-2-6(8(10)11)4-7(3-5)9(12)13;1-2-4-7-6(3-1)5-8-9-7;2-1(3,4)5/h2-4H,1H3,(H,10,11)(H,12,13);1-5H,(H,8,9);. The Morgan fingerprint density at radius 2 is 1.52 bits per heavy atom. The molecule has 2 aromatic carbocycles. The van der Waals surface area contributed by atoms with Crippen LogP contribution in [0.25, 0.3) is 10.9 Å². The van der Waals surface area contributed by atoms with E-state index in [1.165, 1.54) is 28.1 Å². The Kier molecular flexibility index (Phi) is 7.98. The van der Waals surface area contributed by atoms with Gasteiger partial charge in [0.2, 0.25) is 0 Å². The minimum atomic E-state index is -4.19. The fourth-order valence-electron chi connectivity index (χ4n) is 1.91. The zero-order valence-corrected chi connectivity index (χ0v) is 15.4. The van der Waals surface area contributed by atoms with Crippen molar-refractivity contribution in [2.75, 3.05) is 0 Å². The highest BCUT2D eigenvalue weighted by atomic mass is 79.9. The average Bonchev–Trinajstić information content (AvgIpc) is 3.01. The van der Waals surface area contributed by atoms with Gasteiger partial charge in [-0.2, -0.15) is 18.3 Å². The molecule has 0 fully saturated rings. The van der Waals surface area contributed by atoms with Gasteiger partial charge in [-0.25, -0.2) is 9.59 Å². The molecule has 0 saturated carbocycles. The monoisotopic (exact) mass is 446 g/mol. The zero-order chi connectivity index (χ0) is 20.6. The van der Waals surface area contributed by atoms with E-state index in [0.717, 1.165) is 17.0 Å². The minimum absolute atomic E-state index is 0.00241. The second-order valence-corrected chi connectivity index (χ2v) is 5.98. The summed E-state index contributed by atoms with van der Waals surface area (Å²) in [4.78, 5) is 21.1. The number of halogens is 4. The average molecular weight is 447 g/mol. The van der Waals surface area contributed by atoms with Gasteiger partial charge in [0.05, 0.1) is 22.8 Å². The lowest BCUT2D eigenvalue weighted by Gasteiger charge is -1.99. The number of aromatic amines is 1. The van der Waals surface area contributed by atoms with Gasteiger partial charge in [-0.05, 0) is 36.8 Å². The van der Waals surface area contributed by atoms with E-state index in [1.54, 1.807) is 6.92 Å². The molecule has 0 unspecified atom stereocenters. The van der Waals surface area contributed by atoms with Gasteiger partial charge >= 0.3 is 17.0 Å². The third-order valence-corrected chi connectivity index (χ3v) is 2.92. The number of H-pyrrole nitrogens is 1. The van der Waals surface area contributed by atoms with Crippen molar-refractivity contribution in [2.24, 2.45) is 0 Å². The summed E-state index contributed by atoms with van der Waals surface area (Å²) >= 11 is 1.38. The normalized spacial score (nSPS) is 10.3. The van der Waals surface area contributed by atoms with Crippen LogP contribution in [0.3, 0.4) is 0 Å². The third-order valence-electron chi connectivity index (χ3n) is 2.92. The Bertz CT molecular complexity index is 857. The highest BCUT2D eigenvalue weighted by Crippen LogP contribution is 2.21. The van der Waals surface area contributed by atoms with Gasteiger partial charge in [0, 0.05) is 21.3 Å². The first kappa shape index (κ1) is 22.2. The van der Waals surface area contributed by atoms with Crippen LogP contribution in [0.2, 0.25) is 0 Å². The van der Waals surface area contributed by atoms with Crippen molar-refractivity contribution in [3.8, 4) is 0 Å². The number of aromatic carboxylic acids is 2. The molecule has 1 aromatic heterocycles. The van der Waals surface area contributed by atoms with Crippen LogP contribution < -0.4 is 0 Å². The van der Waals surface area contributed by atoms with E-state index in [0.29, 0.717) is 5.56 Å². The number of aryl methyl sites for hydroxylation is 1. The molecule has 6 nitrogen and oxygen atoms in total. The molecule has 27 heavy (non-hydrogen) atoms. The molecular weight excluding hydrogens is 433 g/mol. The summed E-state index contributed by atoms with van der Waals surface area (Å²) in [7, 11) is 0. The van der Waals surface area contributed by atoms with Crippen LogP contribution >= 0.6 is 15.9 Å². The number of nitrogens with one attached hydrogen (secondary N) is 1. The molecule has 0 aliphatic heterocycles. The fourth-order valence-corrected chi connectivity index (χ4v) is 1.91. The number of alkyl halides is 4. The number of aromatic nitrogens is 2. The maximum absolute atomic E-state index is 10.5. The highest BCUT2D eigenvalue weighted by molar-refractivity contribution is 9.09. The number of fused-ring (bicyclic) bond motifs is 1. The van der Waals surface area contributed by atoms with Gasteiger partial charge < -0.3 is 10.2 Å². The molecule has 0 amide bonds. The van der Waals surface area contributed by atoms with Crippen LogP contribution in [0.15, 0.2) is 48.7 Å². The fraction of sp³-hybridized carbons (Fsp3) is 0.118. The molecule has 3 N–H and O–H groups in total. The van der Waals surface area contributed by atoms with Gasteiger partial charge in [0.1, 0.15) is 0 Å². The van der Waals surface area contributed by atoms with Crippen LogP contribution in [0.4, 0.5) is 13.2 Å². The minimum Gasteiger partial charge on any atom is -0.478 e. The first-order valence-corrected chi connectivity index (χ1v) is 7.98. The molecule has 0 saturated heterocycles. The lowest BCUT2D eigenvalue weighted by atomic mass is 10.1. The molecule has 1 heterocycles. The summed E-state index contributed by atoms with van der Waals surface area (Å²) in [5.41, 5.74) is 1.71. The number of para-hydroxylation sites is 1. The van der Waals surface area contributed by atoms with E-state index in [4.69, 9.17) is 10.2 Å². The van der Waals surface area contributed by atoms with Gasteiger partial charge in [0.25, 0.3) is 0 Å². The Balaban J connectivity index is 0.000000225. The van der Waals surface area contributed by atoms with E-state index in [2.05, 4.69) is 10.2 Å². The van der Waals surface area contributed by atoms with E-state index >= 15 is 0 Å². The topological polar surface area (TPSA) is 103 Å². The lowest BCUT2D eigenvalue weighted by Crippen LogP contribution is -2.02. The molecule has 3 rings (SSSR count). The number of rotatable bonds is 2. The highest BCUT2D eigenvalue weighted by Gasteiger charge is 2.19. The lowest BCUT2D eigenvalue weighted by molar-refractivity contribution is -0.0245. The zero-order valence-electron chi connectivity index (χ0n) is 13.8. The number of carboxylic acid groups (broad SMARTS) is 2. The maximum atomic E-state index is 10.5. The predicted molar refractivity (Wildman–Crippen MR) is 96.2 cm³/mol. The molecule has 144 valence electrons. The SMILES string of the molecule is Cc1cc(C(=O)O)cc(C(=O)O)c1.FC(F)(F)Br.c1ccc2[nH]ncc2c1. The molecule has 0 spiro atoms. The van der Waals surface area contributed by atoms with Crippen LogP contribution in [0.1, 0.15) is 26.3 Å². The number of carboxylic acids is 2. The summed E-state index contributed by atoms with van der Waals surface area (Å²) < 4.78 is 30.8. The Hall–Kier alpha value is -2.88. The van der Waals surface area contributed by atoms with E-state index in [9.17, 15) is 22.8 Å². The molecule has 0 aliphatic rings. The summed E-state index contributed by atoms with van der Waals surface area (Å²) in [6.07, 6.45) is 1.81. The van der Waals surface area contributed by atoms with Crippen LogP contribution in [0, 0.1) is 6.92 Å². The number of benzene rings is 2. The van der Waals surface area contributed by atoms with Crippen molar-refractivity contribution < 1.29 is 33.0 Å². The molecule has 3 aromatic rings. The molecule has 0 aliphatic carbocycles. The van der Waals surface area contributed by atoms with Crippen molar-refractivity contribution in [3.05, 3.63) is 65.4 Å². The molecule has 0 atom stereocenters. The number of hydrogen-bond donors (Lipinski definition) is 3. The molecule has 0 bridgehead atoms. The largest absolute Gasteiger partial charge is 0.478 e. The summed E-state index contributed by atoms with van der Waals surface area (Å²) in [5, 5.41) is 21.0. The van der Waals surface area contributed by atoms with Gasteiger partial charge in [-0.3, -0.25) is 5.10 Å². The number of hydrogen-bond acceptors (Lipinski definition) is 3. The van der Waals surface area contributed by atoms with Crippen LogP contribution in [-0.4, -0.2) is 37.4 Å². The Morgan fingerprint density at radius 3 is 1.96 bits per heavy atom. The summed E-state index contributed by atoms with van der Waals surface area (Å²) in [6, 6.07) is 12.0. The van der Waals surface area contributed by atoms with E-state index < -0.39 is 17.0 Å².